The average Bonchev–Trinajstić information content (AvgIpc) is 2.95. The zero-order valence-electron chi connectivity index (χ0n) is 11.7. The molecule has 7 heteroatoms. The van der Waals surface area contributed by atoms with Crippen molar-refractivity contribution in [1.82, 2.24) is 10.2 Å². The van der Waals surface area contributed by atoms with Gasteiger partial charge in [0.1, 0.15) is 10.8 Å². The third kappa shape index (κ3) is 4.00. The molecule has 0 radical (unpaired) electrons. The summed E-state index contributed by atoms with van der Waals surface area (Å²) in [6, 6.07) is 8.61. The number of benzene rings is 1. The summed E-state index contributed by atoms with van der Waals surface area (Å²) in [5.74, 6) is 0.237. The molecular formula is C14H14N4O2S. The lowest BCUT2D eigenvalue weighted by Crippen LogP contribution is -2.30. The number of nitriles is 1. The molecule has 2 rings (SSSR count). The van der Waals surface area contributed by atoms with Gasteiger partial charge in [-0.15, -0.1) is 10.2 Å². The van der Waals surface area contributed by atoms with Crippen LogP contribution >= 0.6 is 11.3 Å². The number of nitrogens with one attached hydrogen (secondary N) is 1. The molecule has 0 aliphatic rings. The molecule has 0 bridgehead atoms. The van der Waals surface area contributed by atoms with Crippen LogP contribution in [0.3, 0.4) is 0 Å². The summed E-state index contributed by atoms with van der Waals surface area (Å²) < 4.78 is 5.52. The van der Waals surface area contributed by atoms with Crippen molar-refractivity contribution in [2.45, 2.75) is 26.4 Å². The second-order valence-electron chi connectivity index (χ2n) is 4.24. The van der Waals surface area contributed by atoms with Crippen molar-refractivity contribution in [2.24, 2.45) is 0 Å². The predicted octanol–water partition coefficient (Wildman–Crippen LogP) is 2.38. The highest BCUT2D eigenvalue weighted by Gasteiger charge is 2.16. The Morgan fingerprint density at radius 3 is 2.71 bits per heavy atom. The Morgan fingerprint density at radius 2 is 2.14 bits per heavy atom. The highest BCUT2D eigenvalue weighted by Crippen LogP contribution is 2.17. The van der Waals surface area contributed by atoms with E-state index in [0.717, 1.165) is 11.4 Å². The van der Waals surface area contributed by atoms with E-state index in [1.165, 1.54) is 11.3 Å². The number of hydrogen-bond donors (Lipinski definition) is 1. The van der Waals surface area contributed by atoms with Crippen LogP contribution < -0.4 is 10.1 Å². The van der Waals surface area contributed by atoms with Crippen LogP contribution in [-0.4, -0.2) is 22.2 Å². The molecule has 21 heavy (non-hydrogen) atoms. The van der Waals surface area contributed by atoms with E-state index in [1.54, 1.807) is 31.2 Å². The molecule has 1 atom stereocenters. The van der Waals surface area contributed by atoms with Crippen molar-refractivity contribution in [3.8, 4) is 11.8 Å². The van der Waals surface area contributed by atoms with Gasteiger partial charge in [0.05, 0.1) is 11.6 Å². The first-order chi connectivity index (χ1) is 10.1. The van der Waals surface area contributed by atoms with Gasteiger partial charge in [-0.2, -0.15) is 5.26 Å². The van der Waals surface area contributed by atoms with Gasteiger partial charge in [-0.25, -0.2) is 0 Å². The molecule has 0 aliphatic heterocycles. The lowest BCUT2D eigenvalue weighted by molar-refractivity contribution is -0.122. The number of carbonyl (C=O) groups is 1. The van der Waals surface area contributed by atoms with Crippen LogP contribution in [0, 0.1) is 11.3 Å². The lowest BCUT2D eigenvalue weighted by atomic mass is 10.2. The van der Waals surface area contributed by atoms with Crippen LogP contribution in [0.1, 0.15) is 24.4 Å². The van der Waals surface area contributed by atoms with Crippen molar-refractivity contribution in [3.05, 3.63) is 34.8 Å². The van der Waals surface area contributed by atoms with E-state index in [0.29, 0.717) is 16.4 Å². The fourth-order valence-electron chi connectivity index (χ4n) is 1.52. The smallest absolute Gasteiger partial charge is 0.266 e. The number of hydrogen-bond acceptors (Lipinski definition) is 6. The Labute approximate surface area is 126 Å². The Morgan fingerprint density at radius 1 is 1.43 bits per heavy atom. The molecule has 1 amide bonds. The largest absolute Gasteiger partial charge is 0.481 e. The summed E-state index contributed by atoms with van der Waals surface area (Å²) in [6.45, 7) is 3.62. The Bertz CT molecular complexity index is 660. The molecule has 2 aromatic rings. The van der Waals surface area contributed by atoms with E-state index in [1.807, 2.05) is 13.0 Å². The summed E-state index contributed by atoms with van der Waals surface area (Å²) in [5, 5.41) is 20.5. The van der Waals surface area contributed by atoms with Gasteiger partial charge >= 0.3 is 0 Å². The zero-order chi connectivity index (χ0) is 15.2. The molecule has 6 nitrogen and oxygen atoms in total. The topological polar surface area (TPSA) is 87.9 Å². The molecule has 1 heterocycles. The highest BCUT2D eigenvalue weighted by atomic mass is 32.1. The van der Waals surface area contributed by atoms with Gasteiger partial charge < -0.3 is 4.74 Å². The summed E-state index contributed by atoms with van der Waals surface area (Å²) in [6.07, 6.45) is 0.108. The maximum Gasteiger partial charge on any atom is 0.266 e. The fourth-order valence-corrected chi connectivity index (χ4v) is 2.20. The number of rotatable bonds is 5. The second-order valence-corrected chi connectivity index (χ2v) is 5.30. The first kappa shape index (κ1) is 14.9. The van der Waals surface area contributed by atoms with Gasteiger partial charge in [0.2, 0.25) is 5.13 Å². The van der Waals surface area contributed by atoms with E-state index in [2.05, 4.69) is 15.5 Å². The number of aryl methyl sites for hydroxylation is 1. The zero-order valence-corrected chi connectivity index (χ0v) is 12.5. The Balaban J connectivity index is 1.94. The second kappa shape index (κ2) is 6.81. The van der Waals surface area contributed by atoms with E-state index in [4.69, 9.17) is 10.00 Å². The van der Waals surface area contributed by atoms with E-state index in [-0.39, 0.29) is 5.91 Å². The van der Waals surface area contributed by atoms with Gasteiger partial charge in [-0.1, -0.05) is 18.3 Å². The molecule has 1 aromatic heterocycles. The first-order valence-electron chi connectivity index (χ1n) is 6.42. The number of amides is 1. The monoisotopic (exact) mass is 302 g/mol. The van der Waals surface area contributed by atoms with Crippen LogP contribution in [0.2, 0.25) is 0 Å². The molecule has 0 aliphatic carbocycles. The number of carbonyl (C=O) groups excluding carboxylic acids is 1. The number of aromatic nitrogens is 2. The molecule has 1 aromatic carbocycles. The normalized spacial score (nSPS) is 11.5. The van der Waals surface area contributed by atoms with Crippen LogP contribution in [0.25, 0.3) is 0 Å². The number of anilines is 1. The van der Waals surface area contributed by atoms with Gasteiger partial charge in [-0.05, 0) is 37.6 Å². The highest BCUT2D eigenvalue weighted by molar-refractivity contribution is 7.15. The number of nitrogens with zero attached hydrogens (tertiary/aromatic N) is 3. The minimum absolute atomic E-state index is 0.293. The van der Waals surface area contributed by atoms with Crippen LogP contribution in [-0.2, 0) is 11.2 Å². The quantitative estimate of drug-likeness (QED) is 0.916. The molecule has 0 saturated carbocycles. The van der Waals surface area contributed by atoms with Crippen molar-refractivity contribution < 1.29 is 9.53 Å². The molecule has 0 spiro atoms. The van der Waals surface area contributed by atoms with Crippen LogP contribution in [0.15, 0.2) is 24.3 Å². The summed E-state index contributed by atoms with van der Waals surface area (Å²) in [5.41, 5.74) is 0.542. The fraction of sp³-hybridized carbons (Fsp3) is 0.286. The minimum Gasteiger partial charge on any atom is -0.481 e. The van der Waals surface area contributed by atoms with E-state index in [9.17, 15) is 4.79 Å². The number of ether oxygens (including phenoxy) is 1. The SMILES string of the molecule is CCc1nnc(NC(=O)[C@H](C)Oc2ccc(C#N)cc2)s1. The van der Waals surface area contributed by atoms with Crippen LogP contribution in [0.5, 0.6) is 5.75 Å². The summed E-state index contributed by atoms with van der Waals surface area (Å²) in [7, 11) is 0. The van der Waals surface area contributed by atoms with Crippen LogP contribution in [0.4, 0.5) is 5.13 Å². The van der Waals surface area contributed by atoms with Crippen molar-refractivity contribution >= 4 is 22.4 Å². The van der Waals surface area contributed by atoms with Gasteiger partial charge in [0, 0.05) is 0 Å². The summed E-state index contributed by atoms with van der Waals surface area (Å²) >= 11 is 1.34. The lowest BCUT2D eigenvalue weighted by Gasteiger charge is -2.13. The Kier molecular flexibility index (Phi) is 4.85. The van der Waals surface area contributed by atoms with Crippen molar-refractivity contribution in [3.63, 3.8) is 0 Å². The molecule has 108 valence electrons. The maximum atomic E-state index is 12.0. The van der Waals surface area contributed by atoms with Crippen molar-refractivity contribution in [1.29, 1.82) is 5.26 Å². The maximum absolute atomic E-state index is 12.0. The standard InChI is InChI=1S/C14H14N4O2S/c1-3-12-17-18-14(21-12)16-13(19)9(2)20-11-6-4-10(8-15)5-7-11/h4-7,9H,3H2,1-2H3,(H,16,18,19)/t9-/m0/s1. The van der Waals surface area contributed by atoms with Gasteiger partial charge in [0.15, 0.2) is 6.10 Å². The summed E-state index contributed by atoms with van der Waals surface area (Å²) in [4.78, 5) is 12.0. The van der Waals surface area contributed by atoms with Crippen molar-refractivity contribution in [2.75, 3.05) is 5.32 Å². The Hall–Kier alpha value is -2.46. The molecule has 0 fully saturated rings. The van der Waals surface area contributed by atoms with E-state index >= 15 is 0 Å². The van der Waals surface area contributed by atoms with Gasteiger partial charge in [0.25, 0.3) is 5.91 Å². The van der Waals surface area contributed by atoms with E-state index < -0.39 is 6.10 Å². The molecule has 0 unspecified atom stereocenters. The average molecular weight is 302 g/mol. The molecular weight excluding hydrogens is 288 g/mol. The molecule has 1 N–H and O–H groups in total. The third-order valence-corrected chi connectivity index (χ3v) is 3.65. The van der Waals surface area contributed by atoms with Gasteiger partial charge in [-0.3, -0.25) is 10.1 Å². The predicted molar refractivity (Wildman–Crippen MR) is 79.2 cm³/mol. The minimum atomic E-state index is -0.674. The first-order valence-corrected chi connectivity index (χ1v) is 7.24. The third-order valence-electron chi connectivity index (χ3n) is 2.66. The molecule has 0 saturated heterocycles.